The molecule has 0 bridgehead atoms. The van der Waals surface area contributed by atoms with Crippen LogP contribution in [0, 0.1) is 5.92 Å². The third-order valence-corrected chi connectivity index (χ3v) is 5.03. The number of aryl methyl sites for hydroxylation is 1. The maximum atomic E-state index is 12.0. The van der Waals surface area contributed by atoms with Crippen molar-refractivity contribution in [2.75, 3.05) is 13.2 Å². The molecule has 1 N–H and O–H groups in total. The second-order valence-corrected chi connectivity index (χ2v) is 6.56. The zero-order chi connectivity index (χ0) is 16.8. The number of amides is 2. The van der Waals surface area contributed by atoms with E-state index < -0.39 is 24.6 Å². The number of thiophene rings is 1. The van der Waals surface area contributed by atoms with Crippen molar-refractivity contribution in [2.24, 2.45) is 5.92 Å². The summed E-state index contributed by atoms with van der Waals surface area (Å²) in [5, 5.41) is 1.98. The number of carbonyl (C=O) groups excluding carboxylic acids is 3. The van der Waals surface area contributed by atoms with Crippen LogP contribution in [0.25, 0.3) is 0 Å². The molecule has 6 nitrogen and oxygen atoms in total. The second kappa shape index (κ2) is 8.10. The summed E-state index contributed by atoms with van der Waals surface area (Å²) in [5.74, 6) is -0.558. The number of ether oxygens (including phenoxy) is 2. The van der Waals surface area contributed by atoms with Gasteiger partial charge >= 0.3 is 12.1 Å². The number of esters is 1. The van der Waals surface area contributed by atoms with Gasteiger partial charge in [-0.2, -0.15) is 0 Å². The molecule has 0 spiro atoms. The Morgan fingerprint density at radius 1 is 1.30 bits per heavy atom. The summed E-state index contributed by atoms with van der Waals surface area (Å²) in [4.78, 5) is 36.3. The van der Waals surface area contributed by atoms with Crippen molar-refractivity contribution in [3.05, 3.63) is 21.4 Å². The summed E-state index contributed by atoms with van der Waals surface area (Å²) in [6, 6.07) is 1.87. The van der Waals surface area contributed by atoms with E-state index in [2.05, 4.69) is 11.7 Å². The van der Waals surface area contributed by atoms with Crippen molar-refractivity contribution in [3.8, 4) is 0 Å². The van der Waals surface area contributed by atoms with Crippen LogP contribution >= 0.6 is 11.3 Å². The van der Waals surface area contributed by atoms with E-state index in [-0.39, 0.29) is 6.61 Å². The average molecular weight is 339 g/mol. The number of hydrogen-bond donors (Lipinski definition) is 1. The Morgan fingerprint density at radius 3 is 2.78 bits per heavy atom. The third kappa shape index (κ3) is 4.79. The van der Waals surface area contributed by atoms with Crippen LogP contribution in [0.3, 0.4) is 0 Å². The van der Waals surface area contributed by atoms with Crippen LogP contribution in [0.15, 0.2) is 6.07 Å². The van der Waals surface area contributed by atoms with Crippen LogP contribution in [0.5, 0.6) is 0 Å². The number of alkyl carbamates (subject to hydrolysis) is 1. The fraction of sp³-hybridized carbons (Fsp3) is 0.562. The Hall–Kier alpha value is -1.89. The summed E-state index contributed by atoms with van der Waals surface area (Å²) in [6.45, 7) is 3.47. The van der Waals surface area contributed by atoms with Gasteiger partial charge in [0.1, 0.15) is 4.88 Å². The van der Waals surface area contributed by atoms with E-state index in [0.717, 1.165) is 25.7 Å². The van der Waals surface area contributed by atoms with Gasteiger partial charge in [0.25, 0.3) is 5.91 Å². The maximum Gasteiger partial charge on any atom is 0.413 e. The minimum atomic E-state index is -0.842. The number of carbonyl (C=O) groups is 3. The monoisotopic (exact) mass is 339 g/mol. The lowest BCUT2D eigenvalue weighted by Crippen LogP contribution is -2.34. The Bertz CT molecular complexity index is 595. The molecule has 0 aliphatic heterocycles. The smallest absolute Gasteiger partial charge is 0.413 e. The number of rotatable bonds is 5. The highest BCUT2D eigenvalue weighted by Crippen LogP contribution is 2.33. The summed E-state index contributed by atoms with van der Waals surface area (Å²) >= 11 is 1.43. The summed E-state index contributed by atoms with van der Waals surface area (Å²) < 4.78 is 9.52. The molecule has 7 heteroatoms. The molecular formula is C16H21NO5S. The van der Waals surface area contributed by atoms with Gasteiger partial charge in [-0.25, -0.2) is 9.59 Å². The molecule has 2 amide bonds. The first-order valence-corrected chi connectivity index (χ1v) is 8.60. The van der Waals surface area contributed by atoms with E-state index in [4.69, 9.17) is 4.74 Å². The van der Waals surface area contributed by atoms with Gasteiger partial charge in [-0.1, -0.05) is 13.3 Å². The van der Waals surface area contributed by atoms with E-state index in [1.54, 1.807) is 6.92 Å². The van der Waals surface area contributed by atoms with Crippen LogP contribution in [0.4, 0.5) is 4.79 Å². The first-order chi connectivity index (χ1) is 11.0. The first-order valence-electron chi connectivity index (χ1n) is 7.78. The molecule has 0 unspecified atom stereocenters. The molecule has 0 saturated heterocycles. The van der Waals surface area contributed by atoms with Gasteiger partial charge in [0.15, 0.2) is 6.61 Å². The standard InChI is InChI=1S/C16H21NO5S/c1-3-10-5-6-12-11(7-10)8-13(23-12)15(19)22-9-14(18)17-16(20)21-4-2/h8,10H,3-7,9H2,1-2H3,(H,17,18,20)/t10-/m0/s1. The van der Waals surface area contributed by atoms with E-state index in [1.807, 2.05) is 11.4 Å². The van der Waals surface area contributed by atoms with Crippen LogP contribution in [-0.2, 0) is 27.1 Å². The molecule has 0 aromatic carbocycles. The second-order valence-electron chi connectivity index (χ2n) is 5.42. The minimum absolute atomic E-state index is 0.165. The Kier molecular flexibility index (Phi) is 6.15. The molecule has 1 aromatic heterocycles. The predicted octanol–water partition coefficient (Wildman–Crippen LogP) is 2.69. The molecule has 126 valence electrons. The highest BCUT2D eigenvalue weighted by Gasteiger charge is 2.23. The van der Waals surface area contributed by atoms with E-state index in [1.165, 1.54) is 21.8 Å². The minimum Gasteiger partial charge on any atom is -0.451 e. The summed E-state index contributed by atoms with van der Waals surface area (Å²) in [7, 11) is 0. The SMILES string of the molecule is CCOC(=O)NC(=O)COC(=O)c1cc2c(s1)CC[C@H](CC)C2. The lowest BCUT2D eigenvalue weighted by Gasteiger charge is -2.19. The zero-order valence-corrected chi connectivity index (χ0v) is 14.2. The van der Waals surface area contributed by atoms with Gasteiger partial charge in [0, 0.05) is 4.88 Å². The number of imide groups is 1. The molecule has 0 radical (unpaired) electrons. The fourth-order valence-corrected chi connectivity index (χ4v) is 3.67. The van der Waals surface area contributed by atoms with Gasteiger partial charge in [-0.3, -0.25) is 10.1 Å². The molecule has 23 heavy (non-hydrogen) atoms. The first kappa shape index (κ1) is 17.5. The van der Waals surface area contributed by atoms with Gasteiger partial charge in [0.2, 0.25) is 0 Å². The lowest BCUT2D eigenvalue weighted by atomic mass is 9.87. The summed E-state index contributed by atoms with van der Waals surface area (Å²) in [6.07, 6.45) is 3.45. The third-order valence-electron chi connectivity index (χ3n) is 3.81. The highest BCUT2D eigenvalue weighted by atomic mass is 32.1. The van der Waals surface area contributed by atoms with E-state index in [9.17, 15) is 14.4 Å². The molecular weight excluding hydrogens is 318 g/mol. The number of hydrogen-bond acceptors (Lipinski definition) is 6. The Morgan fingerprint density at radius 2 is 2.09 bits per heavy atom. The van der Waals surface area contributed by atoms with Crippen molar-refractivity contribution in [1.29, 1.82) is 0 Å². The molecule has 1 atom stereocenters. The van der Waals surface area contributed by atoms with Crippen molar-refractivity contribution in [2.45, 2.75) is 39.5 Å². The zero-order valence-electron chi connectivity index (χ0n) is 13.3. The topological polar surface area (TPSA) is 81.7 Å². The van der Waals surface area contributed by atoms with Crippen LogP contribution in [-0.4, -0.2) is 31.2 Å². The van der Waals surface area contributed by atoms with E-state index >= 15 is 0 Å². The largest absolute Gasteiger partial charge is 0.451 e. The van der Waals surface area contributed by atoms with Crippen molar-refractivity contribution >= 4 is 29.3 Å². The molecule has 1 aliphatic rings. The predicted molar refractivity (Wildman–Crippen MR) is 85.6 cm³/mol. The molecule has 0 fully saturated rings. The lowest BCUT2D eigenvalue weighted by molar-refractivity contribution is -0.123. The molecule has 1 aliphatic carbocycles. The number of fused-ring (bicyclic) bond motifs is 1. The molecule has 0 saturated carbocycles. The highest BCUT2D eigenvalue weighted by molar-refractivity contribution is 7.14. The van der Waals surface area contributed by atoms with Crippen molar-refractivity contribution in [1.82, 2.24) is 5.32 Å². The Balaban J connectivity index is 1.86. The Labute approximate surface area is 139 Å². The van der Waals surface area contributed by atoms with Crippen LogP contribution < -0.4 is 5.32 Å². The van der Waals surface area contributed by atoms with Gasteiger partial charge in [-0.15, -0.1) is 11.3 Å². The fourth-order valence-electron chi connectivity index (χ4n) is 2.57. The van der Waals surface area contributed by atoms with Gasteiger partial charge in [-0.05, 0) is 43.7 Å². The normalized spacial score (nSPS) is 16.3. The van der Waals surface area contributed by atoms with Gasteiger partial charge < -0.3 is 9.47 Å². The number of nitrogens with one attached hydrogen (secondary N) is 1. The molecule has 2 rings (SSSR count). The van der Waals surface area contributed by atoms with Gasteiger partial charge in [0.05, 0.1) is 6.61 Å². The van der Waals surface area contributed by atoms with Crippen LogP contribution in [0.2, 0.25) is 0 Å². The van der Waals surface area contributed by atoms with Crippen molar-refractivity contribution in [3.63, 3.8) is 0 Å². The quantitative estimate of drug-likeness (QED) is 0.834. The van der Waals surface area contributed by atoms with E-state index in [0.29, 0.717) is 10.8 Å². The maximum absolute atomic E-state index is 12.0. The summed E-state index contributed by atoms with van der Waals surface area (Å²) in [5.41, 5.74) is 1.22. The average Bonchev–Trinajstić information content (AvgIpc) is 2.95. The van der Waals surface area contributed by atoms with Crippen molar-refractivity contribution < 1.29 is 23.9 Å². The van der Waals surface area contributed by atoms with Crippen LogP contribution in [0.1, 0.15) is 46.8 Å². The molecule has 1 aromatic rings. The molecule has 1 heterocycles.